The Hall–Kier alpha value is -2.42. The van der Waals surface area contributed by atoms with Crippen LogP contribution >= 0.6 is 0 Å². The second-order valence-electron chi connectivity index (χ2n) is 23.7. The Morgan fingerprint density at radius 2 is 1.41 bits per heavy atom. The van der Waals surface area contributed by atoms with Crippen molar-refractivity contribution in [2.24, 2.45) is 85.2 Å². The van der Waals surface area contributed by atoms with Crippen LogP contribution in [-0.4, -0.2) is 72.2 Å². The van der Waals surface area contributed by atoms with E-state index in [1.807, 2.05) is 18.7 Å². The molecule has 324 valence electrons. The van der Waals surface area contributed by atoms with Gasteiger partial charge >= 0.3 is 11.9 Å². The van der Waals surface area contributed by atoms with Crippen LogP contribution in [0.25, 0.3) is 0 Å². The highest BCUT2D eigenvalue weighted by Crippen LogP contribution is 2.78. The van der Waals surface area contributed by atoms with Gasteiger partial charge in [-0.1, -0.05) is 74.5 Å². The van der Waals surface area contributed by atoms with Crippen LogP contribution < -0.4 is 5.32 Å². The number of esters is 1. The van der Waals surface area contributed by atoms with Crippen molar-refractivity contribution in [3.05, 3.63) is 12.2 Å². The molecule has 1 aliphatic heterocycles. The van der Waals surface area contributed by atoms with E-state index in [1.165, 1.54) is 5.57 Å². The van der Waals surface area contributed by atoms with E-state index >= 15 is 4.79 Å². The van der Waals surface area contributed by atoms with E-state index in [9.17, 15) is 19.5 Å². The van der Waals surface area contributed by atoms with Gasteiger partial charge in [0.2, 0.25) is 11.8 Å². The molecule has 1 heterocycles. The summed E-state index contributed by atoms with van der Waals surface area (Å²) in [5, 5.41) is 13.3. The Kier molecular flexibility index (Phi) is 10.1. The lowest BCUT2D eigenvalue weighted by Gasteiger charge is -2.73. The lowest BCUT2D eigenvalue weighted by Crippen LogP contribution is -2.68. The van der Waals surface area contributed by atoms with E-state index in [1.54, 1.807) is 0 Å². The van der Waals surface area contributed by atoms with Gasteiger partial charge in [-0.05, 0) is 141 Å². The second kappa shape index (κ2) is 13.8. The number of carbonyl (C=O) groups is 4. The van der Waals surface area contributed by atoms with Gasteiger partial charge in [-0.25, -0.2) is 0 Å². The van der Waals surface area contributed by atoms with Crippen molar-refractivity contribution in [1.82, 2.24) is 10.2 Å². The number of carboxylic acids is 1. The maximum Gasteiger partial charge on any atom is 0.309 e. The monoisotopic (exact) mass is 805 g/mol. The summed E-state index contributed by atoms with van der Waals surface area (Å²) in [6, 6.07) is -0.00897. The van der Waals surface area contributed by atoms with Crippen LogP contribution in [0, 0.1) is 85.2 Å². The maximum absolute atomic E-state index is 15.0. The molecule has 8 rings (SSSR count). The zero-order valence-electron chi connectivity index (χ0n) is 37.6. The molecule has 2 N–H and O–H groups in total. The van der Waals surface area contributed by atoms with E-state index in [0.29, 0.717) is 62.8 Å². The summed E-state index contributed by atoms with van der Waals surface area (Å²) >= 11 is 0. The van der Waals surface area contributed by atoms with Crippen LogP contribution in [0.5, 0.6) is 0 Å². The largest absolute Gasteiger partial charge is 0.481 e. The summed E-state index contributed by atoms with van der Waals surface area (Å²) in [5.41, 5.74) is 0.0496. The zero-order chi connectivity index (χ0) is 42.2. The summed E-state index contributed by atoms with van der Waals surface area (Å²) in [4.78, 5) is 56.0. The molecule has 0 aromatic carbocycles. The number of ether oxygens (including phenoxy) is 2. The fourth-order valence-corrected chi connectivity index (χ4v) is 16.6. The number of nitrogens with one attached hydrogen (secondary N) is 1. The van der Waals surface area contributed by atoms with Crippen molar-refractivity contribution in [3.8, 4) is 0 Å². The smallest absolute Gasteiger partial charge is 0.309 e. The van der Waals surface area contributed by atoms with Crippen LogP contribution in [0.4, 0.5) is 0 Å². The SMILES string of the molecule is C=C(C)[C@@H]1CC[C@]2(C(=O)N[C@H]3C[C@@H](C(=O)N4CCOCC4)C3(C)C)CC[C@]3(C)[C@H](CC[C@@H]4[C@@]5(C)CC[C@H](OC(=O)C6CC(C(=O)O)C6(C)C)C(C)(C)[C@@H]5CC[C@]43C)[C@@H]12. The first-order valence-corrected chi connectivity index (χ1v) is 23.2. The highest BCUT2D eigenvalue weighted by molar-refractivity contribution is 5.86. The van der Waals surface area contributed by atoms with E-state index in [4.69, 9.17) is 9.47 Å². The summed E-state index contributed by atoms with van der Waals surface area (Å²) in [6.45, 7) is 29.9. The van der Waals surface area contributed by atoms with Gasteiger partial charge in [-0.2, -0.15) is 0 Å². The van der Waals surface area contributed by atoms with Crippen molar-refractivity contribution in [1.29, 1.82) is 0 Å². The molecule has 7 aliphatic carbocycles. The average Bonchev–Trinajstić information content (AvgIpc) is 3.55. The number of hydrogen-bond acceptors (Lipinski definition) is 6. The third kappa shape index (κ3) is 5.74. The van der Waals surface area contributed by atoms with Crippen LogP contribution in [0.3, 0.4) is 0 Å². The third-order valence-electron chi connectivity index (χ3n) is 20.8. The standard InChI is InChI=1S/C49H76N2O7/c1-28(2)29-14-19-49(42(56)50-36-27-31(44(36,5)6)39(52)51-22-24-57-25-23-51)21-20-47(10)30(38(29)49)12-13-35-46(9)17-16-37(45(7,8)34(46)15-18-48(35,47)11)58-41(55)33-26-32(40(53)54)43(33,3)4/h29-38H,1,12-27H2,2-11H3,(H,50,56)(H,53,54)/t29-,30+,31-,32?,33?,34-,35+,36-,37-,38+,46-,47+,48+,49-/m0/s1. The quantitative estimate of drug-likeness (QED) is 0.195. The van der Waals surface area contributed by atoms with Gasteiger partial charge in [-0.15, -0.1) is 0 Å². The van der Waals surface area contributed by atoms with E-state index in [-0.39, 0.29) is 74.8 Å². The molecule has 14 atom stereocenters. The molecule has 0 aromatic rings. The van der Waals surface area contributed by atoms with Gasteiger partial charge in [0.25, 0.3) is 0 Å². The van der Waals surface area contributed by atoms with Gasteiger partial charge in [0.1, 0.15) is 6.10 Å². The number of carboxylic acid groups (broad SMARTS) is 1. The molecule has 9 nitrogen and oxygen atoms in total. The molecule has 2 amide bonds. The van der Waals surface area contributed by atoms with Crippen molar-refractivity contribution in [2.45, 2.75) is 158 Å². The normalized spacial score (nSPS) is 47.0. The van der Waals surface area contributed by atoms with Gasteiger partial charge in [0, 0.05) is 30.5 Å². The van der Waals surface area contributed by atoms with Crippen molar-refractivity contribution in [3.63, 3.8) is 0 Å². The summed E-state index contributed by atoms with van der Waals surface area (Å²) in [7, 11) is 0. The van der Waals surface area contributed by atoms with Crippen LogP contribution in [0.2, 0.25) is 0 Å². The number of aliphatic carboxylic acids is 1. The number of morpholine rings is 1. The molecule has 9 heteroatoms. The highest BCUT2D eigenvalue weighted by atomic mass is 16.5. The molecule has 58 heavy (non-hydrogen) atoms. The van der Waals surface area contributed by atoms with Crippen molar-refractivity contribution < 1.29 is 33.8 Å². The minimum atomic E-state index is -0.823. The Bertz CT molecular complexity index is 1730. The van der Waals surface area contributed by atoms with Crippen molar-refractivity contribution >= 4 is 23.8 Å². The molecular formula is C49H76N2O7. The molecule has 7 saturated carbocycles. The molecule has 0 spiro atoms. The zero-order valence-corrected chi connectivity index (χ0v) is 37.6. The Labute approximate surface area is 348 Å². The van der Waals surface area contributed by atoms with Gasteiger partial charge in [0.15, 0.2) is 0 Å². The number of allylic oxidation sites excluding steroid dienone is 1. The molecule has 1 saturated heterocycles. The van der Waals surface area contributed by atoms with Crippen LogP contribution in [0.15, 0.2) is 12.2 Å². The summed E-state index contributed by atoms with van der Waals surface area (Å²) in [5.74, 6) is 0.463. The molecule has 0 radical (unpaired) electrons. The maximum atomic E-state index is 15.0. The molecule has 2 unspecified atom stereocenters. The number of hydrogen-bond donors (Lipinski definition) is 2. The average molecular weight is 805 g/mol. The first-order chi connectivity index (χ1) is 27.0. The minimum Gasteiger partial charge on any atom is -0.481 e. The van der Waals surface area contributed by atoms with Gasteiger partial charge in [0.05, 0.1) is 30.5 Å². The molecule has 0 aromatic heterocycles. The first-order valence-electron chi connectivity index (χ1n) is 23.2. The Morgan fingerprint density at radius 3 is 2.03 bits per heavy atom. The van der Waals surface area contributed by atoms with Crippen LogP contribution in [0.1, 0.15) is 146 Å². The Balaban J connectivity index is 1.00. The lowest BCUT2D eigenvalue weighted by molar-refractivity contribution is -0.251. The van der Waals surface area contributed by atoms with Crippen LogP contribution in [-0.2, 0) is 28.7 Å². The van der Waals surface area contributed by atoms with E-state index in [0.717, 1.165) is 64.2 Å². The summed E-state index contributed by atoms with van der Waals surface area (Å²) < 4.78 is 12.0. The number of rotatable bonds is 7. The first kappa shape index (κ1) is 42.3. The number of fused-ring (bicyclic) bond motifs is 7. The fourth-order valence-electron chi connectivity index (χ4n) is 16.6. The molecular weight excluding hydrogens is 729 g/mol. The highest BCUT2D eigenvalue weighted by Gasteiger charge is 2.72. The number of carbonyl (C=O) groups excluding carboxylic acids is 3. The van der Waals surface area contributed by atoms with E-state index in [2.05, 4.69) is 67.3 Å². The topological polar surface area (TPSA) is 122 Å². The summed E-state index contributed by atoms with van der Waals surface area (Å²) in [6.07, 6.45) is 11.2. The predicted octanol–water partition coefficient (Wildman–Crippen LogP) is 8.69. The minimum absolute atomic E-state index is 0.00897. The molecule has 8 fully saturated rings. The predicted molar refractivity (Wildman–Crippen MR) is 223 cm³/mol. The molecule has 8 aliphatic rings. The van der Waals surface area contributed by atoms with Gasteiger partial charge < -0.3 is 24.8 Å². The second-order valence-corrected chi connectivity index (χ2v) is 23.7. The number of nitrogens with zero attached hydrogens (tertiary/aromatic N) is 1. The lowest BCUT2D eigenvalue weighted by atomic mass is 9.32. The third-order valence-corrected chi connectivity index (χ3v) is 20.8. The van der Waals surface area contributed by atoms with Gasteiger partial charge in [-0.3, -0.25) is 19.2 Å². The Morgan fingerprint density at radius 1 is 0.724 bits per heavy atom. The number of amides is 2. The fraction of sp³-hybridized carbons (Fsp3) is 0.878. The van der Waals surface area contributed by atoms with Crippen molar-refractivity contribution in [2.75, 3.05) is 26.3 Å². The molecule has 0 bridgehead atoms. The van der Waals surface area contributed by atoms with E-state index < -0.39 is 22.7 Å².